The second kappa shape index (κ2) is 9.43. The standard InChI is InChI=1S/C29H31N3O2/c1-20-11-12-21(2)26(15-20)28-17-27(23-9-6-10-25(16-23)34-3)30-32(28)29(33)19-31-14-13-22-7-4-5-8-24(22)18-31/h4-12,15-16,28H,13-14,17-19H2,1-3H3. The summed E-state index contributed by atoms with van der Waals surface area (Å²) in [5.74, 6) is 0.837. The molecule has 1 amide bonds. The van der Waals surface area contributed by atoms with E-state index in [2.05, 4.69) is 61.2 Å². The summed E-state index contributed by atoms with van der Waals surface area (Å²) in [6, 6.07) is 22.8. The Kier molecular flexibility index (Phi) is 6.20. The summed E-state index contributed by atoms with van der Waals surface area (Å²) in [5.41, 5.74) is 8.16. The highest BCUT2D eigenvalue weighted by atomic mass is 16.5. The fourth-order valence-electron chi connectivity index (χ4n) is 5.03. The molecule has 2 heterocycles. The van der Waals surface area contributed by atoms with Crippen molar-refractivity contribution in [2.45, 2.75) is 39.3 Å². The summed E-state index contributed by atoms with van der Waals surface area (Å²) in [6.07, 6.45) is 1.66. The van der Waals surface area contributed by atoms with Gasteiger partial charge in [0.2, 0.25) is 0 Å². The Morgan fingerprint density at radius 1 is 1.03 bits per heavy atom. The van der Waals surface area contributed by atoms with Crippen molar-refractivity contribution in [3.05, 3.63) is 100 Å². The molecule has 0 spiro atoms. The number of carbonyl (C=O) groups excluding carboxylic acids is 1. The summed E-state index contributed by atoms with van der Waals surface area (Å²) >= 11 is 0. The van der Waals surface area contributed by atoms with Crippen LogP contribution in [0.15, 0.2) is 71.8 Å². The number of nitrogens with zero attached hydrogens (tertiary/aromatic N) is 3. The number of benzene rings is 3. The van der Waals surface area contributed by atoms with Gasteiger partial charge in [0.15, 0.2) is 0 Å². The predicted octanol–water partition coefficient (Wildman–Crippen LogP) is 5.05. The molecule has 0 aliphatic carbocycles. The van der Waals surface area contributed by atoms with E-state index < -0.39 is 0 Å². The van der Waals surface area contributed by atoms with Crippen molar-refractivity contribution in [1.82, 2.24) is 9.91 Å². The molecular weight excluding hydrogens is 422 g/mol. The molecule has 2 aliphatic rings. The average Bonchev–Trinajstić information content (AvgIpc) is 3.31. The van der Waals surface area contributed by atoms with Crippen LogP contribution in [0.1, 0.15) is 45.8 Å². The van der Waals surface area contributed by atoms with Gasteiger partial charge in [-0.1, -0.05) is 60.2 Å². The van der Waals surface area contributed by atoms with Gasteiger partial charge in [0.05, 0.1) is 25.4 Å². The van der Waals surface area contributed by atoms with Gasteiger partial charge >= 0.3 is 0 Å². The Balaban J connectivity index is 1.43. The van der Waals surface area contributed by atoms with E-state index in [9.17, 15) is 4.79 Å². The van der Waals surface area contributed by atoms with Gasteiger partial charge in [-0.2, -0.15) is 5.10 Å². The van der Waals surface area contributed by atoms with Crippen LogP contribution in [0.3, 0.4) is 0 Å². The molecular formula is C29H31N3O2. The SMILES string of the molecule is COc1cccc(C2=NN(C(=O)CN3CCc4ccccc4C3)C(c3cc(C)ccc3C)C2)c1. The zero-order chi connectivity index (χ0) is 23.7. The monoisotopic (exact) mass is 453 g/mol. The summed E-state index contributed by atoms with van der Waals surface area (Å²) in [4.78, 5) is 15.9. The minimum Gasteiger partial charge on any atom is -0.497 e. The molecule has 2 aliphatic heterocycles. The summed E-state index contributed by atoms with van der Waals surface area (Å²) in [7, 11) is 1.67. The largest absolute Gasteiger partial charge is 0.497 e. The summed E-state index contributed by atoms with van der Waals surface area (Å²) < 4.78 is 5.42. The van der Waals surface area contributed by atoms with Crippen LogP contribution in [0.5, 0.6) is 5.75 Å². The lowest BCUT2D eigenvalue weighted by Gasteiger charge is -2.30. The minimum atomic E-state index is -0.106. The van der Waals surface area contributed by atoms with Crippen LogP contribution in [0.25, 0.3) is 0 Å². The van der Waals surface area contributed by atoms with E-state index in [1.807, 2.05) is 24.3 Å². The second-order valence-corrected chi connectivity index (χ2v) is 9.33. The first-order valence-corrected chi connectivity index (χ1v) is 11.9. The molecule has 0 radical (unpaired) electrons. The lowest BCUT2D eigenvalue weighted by atomic mass is 9.94. The number of methoxy groups -OCH3 is 1. The van der Waals surface area contributed by atoms with Crippen molar-refractivity contribution in [3.8, 4) is 5.75 Å². The van der Waals surface area contributed by atoms with Gasteiger partial charge in [-0.15, -0.1) is 0 Å². The molecule has 1 atom stereocenters. The number of carbonyl (C=O) groups is 1. The Labute approximate surface area is 201 Å². The van der Waals surface area contributed by atoms with Gasteiger partial charge in [-0.05, 0) is 54.7 Å². The minimum absolute atomic E-state index is 0.0446. The Morgan fingerprint density at radius 2 is 1.85 bits per heavy atom. The Hall–Kier alpha value is -3.44. The third kappa shape index (κ3) is 4.48. The lowest BCUT2D eigenvalue weighted by Crippen LogP contribution is -2.40. The van der Waals surface area contributed by atoms with Gasteiger partial charge in [0, 0.05) is 25.1 Å². The zero-order valence-corrected chi connectivity index (χ0v) is 20.1. The van der Waals surface area contributed by atoms with Gasteiger partial charge < -0.3 is 4.74 Å². The molecule has 1 unspecified atom stereocenters. The number of amides is 1. The van der Waals surface area contributed by atoms with Crippen molar-refractivity contribution >= 4 is 11.6 Å². The van der Waals surface area contributed by atoms with Crippen molar-refractivity contribution in [2.75, 3.05) is 20.2 Å². The molecule has 174 valence electrons. The second-order valence-electron chi connectivity index (χ2n) is 9.33. The van der Waals surface area contributed by atoms with E-state index in [4.69, 9.17) is 9.84 Å². The van der Waals surface area contributed by atoms with Crippen LogP contribution >= 0.6 is 0 Å². The molecule has 0 bridgehead atoms. The summed E-state index contributed by atoms with van der Waals surface area (Å²) in [6.45, 7) is 6.26. The highest BCUT2D eigenvalue weighted by Gasteiger charge is 2.35. The van der Waals surface area contributed by atoms with Crippen molar-refractivity contribution in [3.63, 3.8) is 0 Å². The van der Waals surface area contributed by atoms with Gasteiger partial charge in [-0.25, -0.2) is 5.01 Å². The number of hydrazone groups is 1. The fraction of sp³-hybridized carbons (Fsp3) is 0.310. The summed E-state index contributed by atoms with van der Waals surface area (Å²) in [5, 5.41) is 6.62. The van der Waals surface area contributed by atoms with Crippen molar-refractivity contribution in [2.24, 2.45) is 5.10 Å². The predicted molar refractivity (Wildman–Crippen MR) is 135 cm³/mol. The number of hydrogen-bond acceptors (Lipinski definition) is 4. The molecule has 0 fully saturated rings. The van der Waals surface area contributed by atoms with Crippen molar-refractivity contribution < 1.29 is 9.53 Å². The molecule has 0 N–H and O–H groups in total. The number of fused-ring (bicyclic) bond motifs is 1. The third-order valence-corrected chi connectivity index (χ3v) is 6.93. The van der Waals surface area contributed by atoms with E-state index >= 15 is 0 Å². The molecule has 3 aromatic carbocycles. The van der Waals surface area contributed by atoms with E-state index in [1.54, 1.807) is 12.1 Å². The van der Waals surface area contributed by atoms with E-state index in [-0.39, 0.29) is 11.9 Å². The van der Waals surface area contributed by atoms with Crippen LogP contribution in [-0.2, 0) is 17.8 Å². The number of aryl methyl sites for hydroxylation is 2. The smallest absolute Gasteiger partial charge is 0.257 e. The van der Waals surface area contributed by atoms with Gasteiger partial charge in [0.1, 0.15) is 5.75 Å². The Bertz CT molecular complexity index is 1250. The zero-order valence-electron chi connectivity index (χ0n) is 20.1. The van der Waals surface area contributed by atoms with Crippen LogP contribution in [-0.4, -0.2) is 41.7 Å². The van der Waals surface area contributed by atoms with Crippen molar-refractivity contribution in [1.29, 1.82) is 0 Å². The highest BCUT2D eigenvalue weighted by Crippen LogP contribution is 2.35. The first-order valence-electron chi connectivity index (χ1n) is 11.9. The van der Waals surface area contributed by atoms with E-state index in [0.717, 1.165) is 36.5 Å². The third-order valence-electron chi connectivity index (χ3n) is 6.93. The first-order chi connectivity index (χ1) is 16.5. The van der Waals surface area contributed by atoms with Crippen LogP contribution in [0.2, 0.25) is 0 Å². The maximum atomic E-state index is 13.7. The number of hydrogen-bond donors (Lipinski definition) is 0. The molecule has 3 aromatic rings. The topological polar surface area (TPSA) is 45.1 Å². The Morgan fingerprint density at radius 3 is 2.68 bits per heavy atom. The molecule has 5 rings (SSSR count). The molecule has 0 saturated carbocycles. The van der Waals surface area contributed by atoms with E-state index in [1.165, 1.54) is 27.8 Å². The maximum Gasteiger partial charge on any atom is 0.257 e. The lowest BCUT2D eigenvalue weighted by molar-refractivity contribution is -0.134. The van der Waals surface area contributed by atoms with Crippen LogP contribution in [0.4, 0.5) is 0 Å². The molecule has 0 aromatic heterocycles. The van der Waals surface area contributed by atoms with Gasteiger partial charge in [-0.3, -0.25) is 9.69 Å². The van der Waals surface area contributed by atoms with Gasteiger partial charge in [0.25, 0.3) is 5.91 Å². The van der Waals surface area contributed by atoms with Crippen LogP contribution in [0, 0.1) is 13.8 Å². The molecule has 34 heavy (non-hydrogen) atoms. The highest BCUT2D eigenvalue weighted by molar-refractivity contribution is 6.03. The number of rotatable bonds is 5. The molecule has 5 nitrogen and oxygen atoms in total. The van der Waals surface area contributed by atoms with E-state index in [0.29, 0.717) is 13.0 Å². The first kappa shape index (κ1) is 22.4. The maximum absolute atomic E-state index is 13.7. The fourth-order valence-corrected chi connectivity index (χ4v) is 5.03. The average molecular weight is 454 g/mol. The quantitative estimate of drug-likeness (QED) is 0.543. The number of ether oxygens (including phenoxy) is 1. The molecule has 5 heteroatoms. The van der Waals surface area contributed by atoms with Crippen LogP contribution < -0.4 is 4.74 Å². The normalized spacial score (nSPS) is 17.9. The molecule has 0 saturated heterocycles.